The zero-order valence-electron chi connectivity index (χ0n) is 15.3. The second kappa shape index (κ2) is 6.20. The average molecular weight is 391 g/mol. The van der Waals surface area contributed by atoms with Crippen LogP contribution in [0.4, 0.5) is 19.0 Å². The van der Waals surface area contributed by atoms with E-state index in [9.17, 15) is 13.2 Å². The van der Waals surface area contributed by atoms with Crippen LogP contribution in [-0.4, -0.2) is 56.0 Å². The Bertz CT molecular complexity index is 1020. The van der Waals surface area contributed by atoms with Gasteiger partial charge in [0.05, 0.1) is 17.9 Å². The number of hydrogen-bond donors (Lipinski definition) is 1. The molecule has 0 aromatic carbocycles. The summed E-state index contributed by atoms with van der Waals surface area (Å²) in [4.78, 5) is 10.2. The molecule has 148 valence electrons. The van der Waals surface area contributed by atoms with E-state index in [1.54, 1.807) is 23.0 Å². The second-order valence-electron chi connectivity index (χ2n) is 7.39. The number of nitrogens with one attached hydrogen (secondary N) is 1. The lowest BCUT2D eigenvalue weighted by molar-refractivity contribution is -0.159. The van der Waals surface area contributed by atoms with Crippen molar-refractivity contribution in [2.45, 2.75) is 38.0 Å². The van der Waals surface area contributed by atoms with Crippen LogP contribution in [0.3, 0.4) is 0 Å². The minimum absolute atomic E-state index is 0.0773. The fraction of sp³-hybridized carbons (Fsp3) is 0.500. The van der Waals surface area contributed by atoms with Gasteiger partial charge in [0, 0.05) is 42.9 Å². The van der Waals surface area contributed by atoms with E-state index in [4.69, 9.17) is 0 Å². The number of hydrogen-bond acceptors (Lipinski definition) is 5. The SMILES string of the molecule is Cc1c(-c2cnn([C@@H]3CCNC3)c2)nc(N2CC[C@@H]2C(F)(F)F)c2nccn12. The third-order valence-corrected chi connectivity index (χ3v) is 5.72. The molecular formula is C18H20F3N7. The molecule has 3 aromatic heterocycles. The smallest absolute Gasteiger partial charge is 0.341 e. The first-order chi connectivity index (χ1) is 13.4. The Morgan fingerprint density at radius 2 is 2.11 bits per heavy atom. The summed E-state index contributed by atoms with van der Waals surface area (Å²) in [5.74, 6) is 0.273. The highest BCUT2D eigenvalue weighted by Crippen LogP contribution is 2.39. The van der Waals surface area contributed by atoms with E-state index < -0.39 is 12.2 Å². The predicted molar refractivity (Wildman–Crippen MR) is 97.3 cm³/mol. The molecule has 2 saturated heterocycles. The highest BCUT2D eigenvalue weighted by Gasteiger charge is 2.50. The van der Waals surface area contributed by atoms with Crippen LogP contribution >= 0.6 is 0 Å². The van der Waals surface area contributed by atoms with Gasteiger partial charge in [0.2, 0.25) is 0 Å². The minimum atomic E-state index is -4.28. The molecule has 0 unspecified atom stereocenters. The summed E-state index contributed by atoms with van der Waals surface area (Å²) in [5.41, 5.74) is 2.70. The van der Waals surface area contributed by atoms with Gasteiger partial charge in [-0.25, -0.2) is 9.97 Å². The van der Waals surface area contributed by atoms with Crippen molar-refractivity contribution in [3.05, 3.63) is 30.5 Å². The van der Waals surface area contributed by atoms with Crippen molar-refractivity contribution in [3.63, 3.8) is 0 Å². The molecule has 5 rings (SSSR count). The van der Waals surface area contributed by atoms with Gasteiger partial charge in [0.15, 0.2) is 11.5 Å². The van der Waals surface area contributed by atoms with Crippen LogP contribution in [0.1, 0.15) is 24.6 Å². The number of imidazole rings is 1. The van der Waals surface area contributed by atoms with Crippen LogP contribution < -0.4 is 10.2 Å². The summed E-state index contributed by atoms with van der Waals surface area (Å²) >= 11 is 0. The van der Waals surface area contributed by atoms with Crippen molar-refractivity contribution in [3.8, 4) is 11.3 Å². The third kappa shape index (κ3) is 2.66. The number of aromatic nitrogens is 5. The zero-order valence-corrected chi connectivity index (χ0v) is 15.3. The number of halogens is 3. The van der Waals surface area contributed by atoms with Crippen LogP contribution in [0.5, 0.6) is 0 Å². The highest BCUT2D eigenvalue weighted by molar-refractivity contribution is 5.73. The van der Waals surface area contributed by atoms with Gasteiger partial charge < -0.3 is 10.2 Å². The van der Waals surface area contributed by atoms with Gasteiger partial charge in [-0.05, 0) is 26.3 Å². The van der Waals surface area contributed by atoms with Gasteiger partial charge in [-0.1, -0.05) is 0 Å². The zero-order chi connectivity index (χ0) is 19.5. The molecule has 0 amide bonds. The molecule has 5 heterocycles. The molecule has 10 heteroatoms. The number of anilines is 1. The molecule has 1 N–H and O–H groups in total. The Labute approximate surface area is 159 Å². The Hall–Kier alpha value is -2.62. The molecular weight excluding hydrogens is 371 g/mol. The van der Waals surface area contributed by atoms with Crippen molar-refractivity contribution >= 4 is 11.5 Å². The highest BCUT2D eigenvalue weighted by atomic mass is 19.4. The van der Waals surface area contributed by atoms with Crippen molar-refractivity contribution < 1.29 is 13.2 Å². The quantitative estimate of drug-likeness (QED) is 0.744. The Kier molecular flexibility index (Phi) is 3.87. The monoisotopic (exact) mass is 391 g/mol. The van der Waals surface area contributed by atoms with Crippen LogP contribution in [0.25, 0.3) is 16.9 Å². The van der Waals surface area contributed by atoms with E-state index >= 15 is 0 Å². The van der Waals surface area contributed by atoms with Gasteiger partial charge in [-0.15, -0.1) is 0 Å². The molecule has 7 nitrogen and oxygen atoms in total. The van der Waals surface area contributed by atoms with Crippen LogP contribution in [0.2, 0.25) is 0 Å². The first-order valence-corrected chi connectivity index (χ1v) is 9.36. The molecule has 28 heavy (non-hydrogen) atoms. The summed E-state index contributed by atoms with van der Waals surface area (Å²) in [6.07, 6.45) is 3.80. The Morgan fingerprint density at radius 3 is 2.79 bits per heavy atom. The topological polar surface area (TPSA) is 63.3 Å². The van der Waals surface area contributed by atoms with E-state index in [2.05, 4.69) is 20.4 Å². The normalized spacial score (nSPS) is 22.8. The molecule has 2 aliphatic rings. The van der Waals surface area contributed by atoms with Crippen LogP contribution in [-0.2, 0) is 0 Å². The Morgan fingerprint density at radius 1 is 1.25 bits per heavy atom. The second-order valence-corrected chi connectivity index (χ2v) is 7.39. The molecule has 0 radical (unpaired) electrons. The predicted octanol–water partition coefficient (Wildman–Crippen LogP) is 2.58. The maximum absolute atomic E-state index is 13.3. The summed E-state index contributed by atoms with van der Waals surface area (Å²) in [6.45, 7) is 4.03. The fourth-order valence-corrected chi connectivity index (χ4v) is 4.06. The van der Waals surface area contributed by atoms with E-state index in [0.29, 0.717) is 17.9 Å². The first kappa shape index (κ1) is 17.5. The molecule has 2 atom stereocenters. The molecule has 3 aromatic rings. The summed E-state index contributed by atoms with van der Waals surface area (Å²) in [5, 5.41) is 7.77. The van der Waals surface area contributed by atoms with Gasteiger partial charge in [0.1, 0.15) is 6.04 Å². The Balaban J connectivity index is 1.59. The standard InChI is InChI=1S/C18H20F3N7/c1-11-15(12-8-24-28(10-12)13-2-4-22-9-13)25-17(16-23-5-7-26(11)16)27-6-3-14(27)18(19,20)21/h5,7-8,10,13-14,22H,2-4,6,9H2,1H3/t13-,14-/m1/s1. The van der Waals surface area contributed by atoms with Crippen LogP contribution in [0, 0.1) is 6.92 Å². The fourth-order valence-electron chi connectivity index (χ4n) is 4.06. The van der Waals surface area contributed by atoms with Gasteiger partial charge in [0.25, 0.3) is 0 Å². The van der Waals surface area contributed by atoms with Gasteiger partial charge >= 0.3 is 6.18 Å². The summed E-state index contributed by atoms with van der Waals surface area (Å²) in [6, 6.07) is -1.22. The molecule has 0 spiro atoms. The molecule has 2 fully saturated rings. The lowest BCUT2D eigenvalue weighted by Gasteiger charge is -2.42. The molecule has 0 saturated carbocycles. The maximum Gasteiger partial charge on any atom is 0.408 e. The van der Waals surface area contributed by atoms with Gasteiger partial charge in [-0.2, -0.15) is 18.3 Å². The van der Waals surface area contributed by atoms with E-state index in [1.165, 1.54) is 4.90 Å². The number of aryl methyl sites for hydroxylation is 1. The molecule has 0 aliphatic carbocycles. The van der Waals surface area contributed by atoms with Crippen molar-refractivity contribution in [2.75, 3.05) is 24.5 Å². The summed E-state index contributed by atoms with van der Waals surface area (Å²) < 4.78 is 43.7. The van der Waals surface area contributed by atoms with Crippen molar-refractivity contribution in [1.82, 2.24) is 29.5 Å². The number of rotatable bonds is 3. The van der Waals surface area contributed by atoms with E-state index in [0.717, 1.165) is 30.8 Å². The lowest BCUT2D eigenvalue weighted by atomic mass is 10.0. The minimum Gasteiger partial charge on any atom is -0.341 e. The van der Waals surface area contributed by atoms with Crippen molar-refractivity contribution in [2.24, 2.45) is 0 Å². The summed E-state index contributed by atoms with van der Waals surface area (Å²) in [7, 11) is 0. The number of alkyl halides is 3. The average Bonchev–Trinajstić information content (AvgIpc) is 3.35. The van der Waals surface area contributed by atoms with E-state index in [1.807, 2.05) is 17.8 Å². The lowest BCUT2D eigenvalue weighted by Crippen LogP contribution is -2.56. The van der Waals surface area contributed by atoms with Gasteiger partial charge in [-0.3, -0.25) is 9.08 Å². The molecule has 2 aliphatic heterocycles. The van der Waals surface area contributed by atoms with E-state index in [-0.39, 0.29) is 18.3 Å². The first-order valence-electron chi connectivity index (χ1n) is 9.36. The number of nitrogens with zero attached hydrogens (tertiary/aromatic N) is 6. The van der Waals surface area contributed by atoms with Crippen molar-refractivity contribution in [1.29, 1.82) is 0 Å². The van der Waals surface area contributed by atoms with Crippen LogP contribution in [0.15, 0.2) is 24.8 Å². The largest absolute Gasteiger partial charge is 0.408 e. The molecule has 0 bridgehead atoms. The maximum atomic E-state index is 13.3. The third-order valence-electron chi connectivity index (χ3n) is 5.72. The number of fused-ring (bicyclic) bond motifs is 1.